The molecule has 1 saturated heterocycles. The van der Waals surface area contributed by atoms with Gasteiger partial charge in [-0.1, -0.05) is 77.9 Å². The first-order chi connectivity index (χ1) is 14.2. The number of piperidine rings is 1. The Bertz CT molecular complexity index is 1110. The molecule has 29 heavy (non-hydrogen) atoms. The van der Waals surface area contributed by atoms with E-state index in [1.165, 1.54) is 41.7 Å². The third-order valence-corrected chi connectivity index (χ3v) is 6.70. The van der Waals surface area contributed by atoms with Gasteiger partial charge in [0.1, 0.15) is 0 Å². The van der Waals surface area contributed by atoms with Crippen LogP contribution in [0.2, 0.25) is 0 Å². The van der Waals surface area contributed by atoms with Crippen molar-refractivity contribution in [3.05, 3.63) is 70.6 Å². The van der Waals surface area contributed by atoms with Gasteiger partial charge < -0.3 is 5.11 Å². The Labute approximate surface area is 174 Å². The predicted octanol–water partition coefficient (Wildman–Crippen LogP) is 5.05. The van der Waals surface area contributed by atoms with Crippen LogP contribution < -0.4 is 0 Å². The quantitative estimate of drug-likeness (QED) is 0.517. The second-order valence-corrected chi connectivity index (χ2v) is 8.70. The van der Waals surface area contributed by atoms with Crippen LogP contribution in [0.15, 0.2) is 54.6 Å². The molecular weight excluding hydrogens is 380 g/mol. The zero-order chi connectivity index (χ0) is 19.8. The number of nitrogens with zero attached hydrogens (tertiary/aromatic N) is 4. The second-order valence-electron chi connectivity index (χ2n) is 7.70. The zero-order valence-corrected chi connectivity index (χ0v) is 17.3. The molecule has 3 heterocycles. The van der Waals surface area contributed by atoms with Gasteiger partial charge in [-0.3, -0.25) is 4.90 Å². The van der Waals surface area contributed by atoms with E-state index in [1.54, 1.807) is 4.52 Å². The van der Waals surface area contributed by atoms with E-state index in [1.807, 2.05) is 18.2 Å². The first-order valence-corrected chi connectivity index (χ1v) is 11.0. The van der Waals surface area contributed by atoms with E-state index in [0.717, 1.165) is 28.5 Å². The van der Waals surface area contributed by atoms with Gasteiger partial charge in [0.15, 0.2) is 5.82 Å². The molecule has 5 rings (SSSR count). The van der Waals surface area contributed by atoms with Crippen LogP contribution in [0.5, 0.6) is 5.88 Å². The summed E-state index contributed by atoms with van der Waals surface area (Å²) in [7, 11) is 0. The monoisotopic (exact) mass is 404 g/mol. The molecule has 0 unspecified atom stereocenters. The Hall–Kier alpha value is -2.70. The normalized spacial score (nSPS) is 16.3. The number of hydrogen-bond acceptors (Lipinski definition) is 5. The topological polar surface area (TPSA) is 53.7 Å². The first kappa shape index (κ1) is 18.3. The van der Waals surface area contributed by atoms with Crippen molar-refractivity contribution in [3.8, 4) is 17.3 Å². The highest BCUT2D eigenvalue weighted by Crippen LogP contribution is 2.41. The Morgan fingerprint density at radius 1 is 0.966 bits per heavy atom. The number of aryl methyl sites for hydroxylation is 1. The van der Waals surface area contributed by atoms with E-state index in [4.69, 9.17) is 4.98 Å². The highest BCUT2D eigenvalue weighted by Gasteiger charge is 2.30. The van der Waals surface area contributed by atoms with Crippen molar-refractivity contribution in [2.75, 3.05) is 13.1 Å². The molecule has 0 saturated carbocycles. The van der Waals surface area contributed by atoms with Gasteiger partial charge in [0.2, 0.25) is 10.8 Å². The van der Waals surface area contributed by atoms with Crippen molar-refractivity contribution in [2.24, 2.45) is 0 Å². The van der Waals surface area contributed by atoms with E-state index in [0.29, 0.717) is 5.82 Å². The molecule has 6 heteroatoms. The summed E-state index contributed by atoms with van der Waals surface area (Å²) in [6, 6.07) is 18.6. The Balaban J connectivity index is 1.57. The molecule has 1 N–H and O–H groups in total. The van der Waals surface area contributed by atoms with Crippen molar-refractivity contribution in [1.29, 1.82) is 0 Å². The molecule has 1 aliphatic heterocycles. The summed E-state index contributed by atoms with van der Waals surface area (Å²) in [5, 5.41) is 15.7. The van der Waals surface area contributed by atoms with Crippen LogP contribution in [-0.4, -0.2) is 37.7 Å². The van der Waals surface area contributed by atoms with E-state index in [2.05, 4.69) is 53.3 Å². The first-order valence-electron chi connectivity index (χ1n) is 10.1. The van der Waals surface area contributed by atoms with Crippen molar-refractivity contribution in [1.82, 2.24) is 19.5 Å². The van der Waals surface area contributed by atoms with E-state index >= 15 is 0 Å². The molecule has 1 fully saturated rings. The lowest BCUT2D eigenvalue weighted by Crippen LogP contribution is -2.34. The van der Waals surface area contributed by atoms with Crippen molar-refractivity contribution >= 4 is 16.3 Å². The fourth-order valence-electron chi connectivity index (χ4n) is 4.09. The average molecular weight is 405 g/mol. The summed E-state index contributed by atoms with van der Waals surface area (Å²) >= 11 is 1.54. The lowest BCUT2D eigenvalue weighted by molar-refractivity contribution is 0.186. The standard InChI is InChI=1S/C23H24N4OS/c1-16-10-12-18(13-11-16)21-24-23-27(25-21)22(28)20(29-23)19(17-8-4-2-5-9-17)26-14-6-3-7-15-26/h2,4-5,8-13,19,28H,3,6-7,14-15H2,1H3/t19-/m1/s1. The fraction of sp³-hybridized carbons (Fsp3) is 0.304. The number of hydrogen-bond donors (Lipinski definition) is 1. The second kappa shape index (κ2) is 7.61. The third-order valence-electron chi connectivity index (χ3n) is 5.63. The molecule has 0 spiro atoms. The number of rotatable bonds is 4. The van der Waals surface area contributed by atoms with Gasteiger partial charge in [-0.25, -0.2) is 0 Å². The maximum atomic E-state index is 11.1. The van der Waals surface area contributed by atoms with Crippen molar-refractivity contribution < 1.29 is 5.11 Å². The molecule has 0 aliphatic carbocycles. The minimum absolute atomic E-state index is 0.0350. The highest BCUT2D eigenvalue weighted by molar-refractivity contribution is 7.17. The summed E-state index contributed by atoms with van der Waals surface area (Å²) in [5.74, 6) is 0.850. The van der Waals surface area contributed by atoms with E-state index in [9.17, 15) is 5.11 Å². The summed E-state index contributed by atoms with van der Waals surface area (Å²) in [6.07, 6.45) is 3.67. The van der Waals surface area contributed by atoms with Crippen LogP contribution in [0, 0.1) is 6.92 Å². The fourth-order valence-corrected chi connectivity index (χ4v) is 5.21. The number of likely N-dealkylation sites (tertiary alicyclic amines) is 1. The van der Waals surface area contributed by atoms with Gasteiger partial charge in [0.25, 0.3) is 0 Å². The third kappa shape index (κ3) is 3.43. The van der Waals surface area contributed by atoms with Gasteiger partial charge in [0, 0.05) is 5.56 Å². The van der Waals surface area contributed by atoms with Gasteiger partial charge >= 0.3 is 0 Å². The molecule has 4 aromatic rings. The summed E-state index contributed by atoms with van der Waals surface area (Å²) in [5.41, 5.74) is 3.36. The molecule has 0 bridgehead atoms. The Morgan fingerprint density at radius 2 is 1.69 bits per heavy atom. The smallest absolute Gasteiger partial charge is 0.230 e. The van der Waals surface area contributed by atoms with E-state index < -0.39 is 0 Å². The predicted molar refractivity (Wildman–Crippen MR) is 116 cm³/mol. The van der Waals surface area contributed by atoms with Gasteiger partial charge in [-0.15, -0.1) is 5.10 Å². The molecule has 2 aromatic carbocycles. The van der Waals surface area contributed by atoms with Gasteiger partial charge in [-0.2, -0.15) is 9.50 Å². The number of benzene rings is 2. The average Bonchev–Trinajstić information content (AvgIpc) is 3.30. The lowest BCUT2D eigenvalue weighted by Gasteiger charge is -2.34. The van der Waals surface area contributed by atoms with Crippen LogP contribution in [0.1, 0.15) is 41.3 Å². The Morgan fingerprint density at radius 3 is 2.38 bits per heavy atom. The number of thiazole rings is 1. The van der Waals surface area contributed by atoms with Gasteiger partial charge in [-0.05, 0) is 38.4 Å². The molecule has 0 radical (unpaired) electrons. The number of aromatic hydroxyl groups is 1. The van der Waals surface area contributed by atoms with Crippen LogP contribution in [0.4, 0.5) is 0 Å². The van der Waals surface area contributed by atoms with E-state index in [-0.39, 0.29) is 11.9 Å². The van der Waals surface area contributed by atoms with Crippen LogP contribution in [0.25, 0.3) is 16.3 Å². The number of aromatic nitrogens is 3. The summed E-state index contributed by atoms with van der Waals surface area (Å²) in [4.78, 5) is 8.83. The van der Waals surface area contributed by atoms with Crippen LogP contribution in [-0.2, 0) is 0 Å². The summed E-state index contributed by atoms with van der Waals surface area (Å²) < 4.78 is 1.59. The van der Waals surface area contributed by atoms with Gasteiger partial charge in [0.05, 0.1) is 10.9 Å². The number of fused-ring (bicyclic) bond motifs is 1. The zero-order valence-electron chi connectivity index (χ0n) is 16.5. The summed E-state index contributed by atoms with van der Waals surface area (Å²) in [6.45, 7) is 4.15. The lowest BCUT2D eigenvalue weighted by atomic mass is 10.0. The molecular formula is C23H24N4OS. The minimum atomic E-state index is 0.0350. The van der Waals surface area contributed by atoms with Crippen molar-refractivity contribution in [3.63, 3.8) is 0 Å². The molecule has 148 valence electrons. The largest absolute Gasteiger partial charge is 0.492 e. The highest BCUT2D eigenvalue weighted by atomic mass is 32.1. The molecule has 2 aromatic heterocycles. The molecule has 5 nitrogen and oxygen atoms in total. The Kier molecular flexibility index (Phi) is 4.81. The van der Waals surface area contributed by atoms with Crippen LogP contribution in [0.3, 0.4) is 0 Å². The molecule has 0 amide bonds. The maximum absolute atomic E-state index is 11.1. The molecule has 1 aliphatic rings. The van der Waals surface area contributed by atoms with Crippen molar-refractivity contribution in [2.45, 2.75) is 32.2 Å². The SMILES string of the molecule is Cc1ccc(-c2nc3sc([C@@H](c4ccccc4)N4CCCCC4)c(O)n3n2)cc1. The molecule has 1 atom stereocenters. The minimum Gasteiger partial charge on any atom is -0.492 e. The maximum Gasteiger partial charge on any atom is 0.230 e. The van der Waals surface area contributed by atoms with Crippen LogP contribution >= 0.6 is 11.3 Å².